The molecular weight excluding hydrogens is 348 g/mol. The summed E-state index contributed by atoms with van der Waals surface area (Å²) in [5.41, 5.74) is 1.21. The molecule has 26 heavy (non-hydrogen) atoms. The molecule has 3 fully saturated rings. The van der Waals surface area contributed by atoms with Gasteiger partial charge in [0.25, 0.3) is 0 Å². The second-order valence-electron chi connectivity index (χ2n) is 8.05. The Bertz CT molecular complexity index is 569. The number of rotatable bonds is 5. The van der Waals surface area contributed by atoms with Gasteiger partial charge in [0, 0.05) is 25.0 Å². The molecule has 4 nitrogen and oxygen atoms in total. The number of hydrogen-bond donors (Lipinski definition) is 1. The van der Waals surface area contributed by atoms with Gasteiger partial charge in [0.2, 0.25) is 5.91 Å². The van der Waals surface area contributed by atoms with E-state index >= 15 is 0 Å². The van der Waals surface area contributed by atoms with Crippen molar-refractivity contribution in [1.82, 2.24) is 10.2 Å². The lowest BCUT2D eigenvalue weighted by Gasteiger charge is -2.24. The molecule has 2 aliphatic heterocycles. The van der Waals surface area contributed by atoms with Crippen LogP contribution < -0.4 is 5.32 Å². The van der Waals surface area contributed by atoms with Crippen LogP contribution in [0.1, 0.15) is 44.1 Å². The van der Waals surface area contributed by atoms with Crippen molar-refractivity contribution >= 4 is 18.3 Å². The smallest absolute Gasteiger partial charge is 0.239 e. The van der Waals surface area contributed by atoms with E-state index in [1.54, 1.807) is 0 Å². The standard InChI is InChI=1S/C21H30N2O2.ClH/c24-21(20-12-18-8-4-5-9-19(18)22-20)23-11-10-17(13-23)15-25-14-16-6-2-1-3-7-16;/h1-3,6-7,17-20,22H,4-5,8-15H2;1H. The molecule has 4 atom stereocenters. The molecule has 3 aliphatic rings. The maximum absolute atomic E-state index is 12.9. The third-order valence-corrected chi connectivity index (χ3v) is 6.22. The summed E-state index contributed by atoms with van der Waals surface area (Å²) in [7, 11) is 0. The van der Waals surface area contributed by atoms with E-state index in [0.717, 1.165) is 38.5 Å². The first-order valence-corrected chi connectivity index (χ1v) is 9.96. The van der Waals surface area contributed by atoms with Crippen LogP contribution in [0.4, 0.5) is 0 Å². The molecule has 1 saturated carbocycles. The van der Waals surface area contributed by atoms with Crippen LogP contribution in [-0.4, -0.2) is 42.6 Å². The monoisotopic (exact) mass is 378 g/mol. The summed E-state index contributed by atoms with van der Waals surface area (Å²) in [5.74, 6) is 1.55. The molecule has 2 heterocycles. The molecule has 1 amide bonds. The number of nitrogens with one attached hydrogen (secondary N) is 1. The van der Waals surface area contributed by atoms with Gasteiger partial charge in [0.1, 0.15) is 0 Å². The number of hydrogen-bond acceptors (Lipinski definition) is 3. The second kappa shape index (κ2) is 9.20. The Balaban J connectivity index is 0.00000196. The Morgan fingerprint density at radius 3 is 2.77 bits per heavy atom. The maximum Gasteiger partial charge on any atom is 0.239 e. The third kappa shape index (κ3) is 4.59. The van der Waals surface area contributed by atoms with Crippen molar-refractivity contribution in [3.05, 3.63) is 35.9 Å². The quantitative estimate of drug-likeness (QED) is 0.853. The lowest BCUT2D eigenvalue weighted by Crippen LogP contribution is -2.44. The van der Waals surface area contributed by atoms with Crippen molar-refractivity contribution in [3.8, 4) is 0 Å². The van der Waals surface area contributed by atoms with E-state index in [1.165, 1.54) is 31.2 Å². The number of likely N-dealkylation sites (tertiary alicyclic amines) is 1. The highest BCUT2D eigenvalue weighted by Gasteiger charge is 2.40. The zero-order valence-electron chi connectivity index (χ0n) is 15.4. The first-order chi connectivity index (χ1) is 12.3. The normalized spacial score (nSPS) is 30.7. The molecule has 1 N–H and O–H groups in total. The first-order valence-electron chi connectivity index (χ1n) is 9.96. The summed E-state index contributed by atoms with van der Waals surface area (Å²) in [6, 6.07) is 11.0. The number of amides is 1. The summed E-state index contributed by atoms with van der Waals surface area (Å²) in [6.07, 6.45) is 7.34. The van der Waals surface area contributed by atoms with Crippen LogP contribution in [-0.2, 0) is 16.1 Å². The summed E-state index contributed by atoms with van der Waals surface area (Å²) in [6.45, 7) is 3.17. The number of carbonyl (C=O) groups is 1. The van der Waals surface area contributed by atoms with Gasteiger partial charge in [-0.3, -0.25) is 4.79 Å². The number of fused-ring (bicyclic) bond motifs is 1. The molecule has 0 radical (unpaired) electrons. The van der Waals surface area contributed by atoms with Crippen LogP contribution >= 0.6 is 12.4 Å². The summed E-state index contributed by atoms with van der Waals surface area (Å²) < 4.78 is 5.88. The fourth-order valence-electron chi connectivity index (χ4n) is 4.82. The topological polar surface area (TPSA) is 41.6 Å². The number of ether oxygens (including phenoxy) is 1. The molecule has 2 saturated heterocycles. The van der Waals surface area contributed by atoms with Gasteiger partial charge in [-0.25, -0.2) is 0 Å². The Labute approximate surface area is 163 Å². The number of nitrogens with zero attached hydrogens (tertiary/aromatic N) is 1. The second-order valence-corrected chi connectivity index (χ2v) is 8.05. The number of benzene rings is 1. The van der Waals surface area contributed by atoms with Gasteiger partial charge in [-0.05, 0) is 37.2 Å². The van der Waals surface area contributed by atoms with E-state index in [1.807, 2.05) is 18.2 Å². The minimum Gasteiger partial charge on any atom is -0.376 e. The fraction of sp³-hybridized carbons (Fsp3) is 0.667. The molecule has 0 bridgehead atoms. The van der Waals surface area contributed by atoms with Crippen LogP contribution in [0.2, 0.25) is 0 Å². The van der Waals surface area contributed by atoms with Gasteiger partial charge in [-0.2, -0.15) is 0 Å². The van der Waals surface area contributed by atoms with E-state index in [4.69, 9.17) is 4.74 Å². The lowest BCUT2D eigenvalue weighted by atomic mass is 9.85. The van der Waals surface area contributed by atoms with Gasteiger partial charge in [0.15, 0.2) is 0 Å². The van der Waals surface area contributed by atoms with Crippen molar-refractivity contribution in [3.63, 3.8) is 0 Å². The van der Waals surface area contributed by atoms with Crippen LogP contribution in [0.5, 0.6) is 0 Å². The predicted molar refractivity (Wildman–Crippen MR) is 105 cm³/mol. The zero-order chi connectivity index (χ0) is 17.1. The molecule has 1 aromatic carbocycles. The Kier molecular flexibility index (Phi) is 6.96. The third-order valence-electron chi connectivity index (χ3n) is 6.22. The summed E-state index contributed by atoms with van der Waals surface area (Å²) in [4.78, 5) is 14.9. The highest BCUT2D eigenvalue weighted by molar-refractivity contribution is 5.85. The van der Waals surface area contributed by atoms with Gasteiger partial charge in [-0.1, -0.05) is 43.2 Å². The van der Waals surface area contributed by atoms with Gasteiger partial charge in [-0.15, -0.1) is 12.4 Å². The maximum atomic E-state index is 12.9. The molecule has 4 unspecified atom stereocenters. The van der Waals surface area contributed by atoms with Crippen LogP contribution in [0.25, 0.3) is 0 Å². The Hall–Kier alpha value is -1.10. The van der Waals surface area contributed by atoms with E-state index in [2.05, 4.69) is 22.3 Å². The summed E-state index contributed by atoms with van der Waals surface area (Å²) >= 11 is 0. The fourth-order valence-corrected chi connectivity index (χ4v) is 4.82. The van der Waals surface area contributed by atoms with Crippen molar-refractivity contribution in [1.29, 1.82) is 0 Å². The molecule has 4 rings (SSSR count). The average molecular weight is 379 g/mol. The van der Waals surface area contributed by atoms with E-state index in [-0.39, 0.29) is 18.4 Å². The largest absolute Gasteiger partial charge is 0.376 e. The van der Waals surface area contributed by atoms with E-state index < -0.39 is 0 Å². The molecule has 144 valence electrons. The highest BCUT2D eigenvalue weighted by atomic mass is 35.5. The van der Waals surface area contributed by atoms with Crippen LogP contribution in [0.3, 0.4) is 0 Å². The van der Waals surface area contributed by atoms with Gasteiger partial charge >= 0.3 is 0 Å². The van der Waals surface area contributed by atoms with Crippen molar-refractivity contribution < 1.29 is 9.53 Å². The first kappa shape index (κ1) is 19.7. The van der Waals surface area contributed by atoms with Gasteiger partial charge in [0.05, 0.1) is 19.3 Å². The SMILES string of the molecule is Cl.O=C(C1CC2CCCCC2N1)N1CCC(COCc2ccccc2)C1. The molecule has 1 aromatic rings. The minimum absolute atomic E-state index is 0. The van der Waals surface area contributed by atoms with Crippen molar-refractivity contribution in [2.24, 2.45) is 11.8 Å². The van der Waals surface area contributed by atoms with Crippen molar-refractivity contribution in [2.45, 2.75) is 57.2 Å². The molecular formula is C21H31ClN2O2. The summed E-state index contributed by atoms with van der Waals surface area (Å²) in [5, 5.41) is 3.63. The van der Waals surface area contributed by atoms with E-state index in [9.17, 15) is 4.79 Å². The molecule has 0 aromatic heterocycles. The highest BCUT2D eigenvalue weighted by Crippen LogP contribution is 2.34. The Morgan fingerprint density at radius 2 is 1.96 bits per heavy atom. The van der Waals surface area contributed by atoms with E-state index in [0.29, 0.717) is 24.5 Å². The van der Waals surface area contributed by atoms with Crippen molar-refractivity contribution in [2.75, 3.05) is 19.7 Å². The number of halogens is 1. The Morgan fingerprint density at radius 1 is 1.15 bits per heavy atom. The lowest BCUT2D eigenvalue weighted by molar-refractivity contribution is -0.132. The molecule has 1 aliphatic carbocycles. The van der Waals surface area contributed by atoms with Crippen LogP contribution in [0.15, 0.2) is 30.3 Å². The van der Waals surface area contributed by atoms with Crippen LogP contribution in [0, 0.1) is 11.8 Å². The van der Waals surface area contributed by atoms with Gasteiger partial charge < -0.3 is 15.0 Å². The molecule has 0 spiro atoms. The minimum atomic E-state index is 0. The average Bonchev–Trinajstić information content (AvgIpc) is 3.29. The molecule has 5 heteroatoms. The predicted octanol–water partition coefficient (Wildman–Crippen LogP) is 3.39. The zero-order valence-corrected chi connectivity index (χ0v) is 16.3. The number of carbonyl (C=O) groups excluding carboxylic acids is 1.